The molecular formula is C29H25F2N3O3. The standard InChI is InChI=1S/C29H25F2N3O3/c1-15-10-18(3-6-22(15)24-14-20(30)5-8-25(24)31)28-33-27(34-37-28)17-2-7-23-16(11-17)4-9-26(23)32-21-12-19(13-21)29(35)36/h2-3,5-8,10-11,14,19,21,26,32H,4,9,12-13H2,1H3,(H,35,36). The molecule has 0 saturated heterocycles. The van der Waals surface area contributed by atoms with Crippen LogP contribution in [0.3, 0.4) is 0 Å². The number of rotatable bonds is 6. The summed E-state index contributed by atoms with van der Waals surface area (Å²) in [5, 5.41) is 16.9. The van der Waals surface area contributed by atoms with Crippen LogP contribution in [0.1, 0.15) is 42.0 Å². The highest BCUT2D eigenvalue weighted by molar-refractivity contribution is 5.72. The van der Waals surface area contributed by atoms with Crippen molar-refractivity contribution < 1.29 is 23.2 Å². The average molecular weight is 502 g/mol. The molecule has 0 amide bonds. The maximum absolute atomic E-state index is 14.3. The van der Waals surface area contributed by atoms with Crippen LogP contribution in [0, 0.1) is 24.5 Å². The molecule has 37 heavy (non-hydrogen) atoms. The Balaban J connectivity index is 1.19. The van der Waals surface area contributed by atoms with E-state index in [4.69, 9.17) is 9.63 Å². The lowest BCUT2D eigenvalue weighted by atomic mass is 9.80. The maximum atomic E-state index is 14.3. The van der Waals surface area contributed by atoms with Crippen LogP contribution in [-0.4, -0.2) is 27.3 Å². The first-order valence-electron chi connectivity index (χ1n) is 12.4. The van der Waals surface area contributed by atoms with Crippen molar-refractivity contribution in [3.05, 3.63) is 82.9 Å². The van der Waals surface area contributed by atoms with E-state index in [0.717, 1.165) is 36.1 Å². The predicted molar refractivity (Wildman–Crippen MR) is 134 cm³/mol. The molecule has 0 aliphatic heterocycles. The normalized spacial score (nSPS) is 20.5. The molecule has 8 heteroatoms. The SMILES string of the molecule is Cc1cc(-c2nc(-c3ccc4c(c3)CCC4NC3CC(C(=O)O)C3)no2)ccc1-c1cc(F)ccc1F. The molecule has 1 fully saturated rings. The number of halogens is 2. The summed E-state index contributed by atoms with van der Waals surface area (Å²) in [4.78, 5) is 15.7. The second-order valence-corrected chi connectivity index (χ2v) is 9.95. The first kappa shape index (κ1) is 23.5. The van der Waals surface area contributed by atoms with E-state index < -0.39 is 17.6 Å². The largest absolute Gasteiger partial charge is 0.481 e. The fourth-order valence-electron chi connectivity index (χ4n) is 5.43. The minimum Gasteiger partial charge on any atom is -0.481 e. The third-order valence-electron chi connectivity index (χ3n) is 7.52. The van der Waals surface area contributed by atoms with Crippen molar-refractivity contribution in [2.45, 2.75) is 44.7 Å². The summed E-state index contributed by atoms with van der Waals surface area (Å²) < 4.78 is 33.5. The van der Waals surface area contributed by atoms with Gasteiger partial charge in [-0.1, -0.05) is 23.4 Å². The monoisotopic (exact) mass is 501 g/mol. The molecule has 1 unspecified atom stereocenters. The Hall–Kier alpha value is -3.91. The topological polar surface area (TPSA) is 88.2 Å². The number of carboxylic acids is 1. The second kappa shape index (κ2) is 9.19. The molecule has 4 aromatic rings. The van der Waals surface area contributed by atoms with Gasteiger partial charge in [-0.05, 0) is 91.3 Å². The van der Waals surface area contributed by atoms with E-state index >= 15 is 0 Å². The van der Waals surface area contributed by atoms with Gasteiger partial charge < -0.3 is 14.9 Å². The zero-order valence-corrected chi connectivity index (χ0v) is 20.2. The van der Waals surface area contributed by atoms with Gasteiger partial charge in [0.25, 0.3) is 5.89 Å². The van der Waals surface area contributed by atoms with Crippen molar-refractivity contribution in [3.63, 3.8) is 0 Å². The van der Waals surface area contributed by atoms with Crippen LogP contribution in [0.15, 0.2) is 59.1 Å². The number of hydrogen-bond donors (Lipinski definition) is 2. The molecule has 1 atom stereocenters. The number of carbonyl (C=O) groups is 1. The van der Waals surface area contributed by atoms with Gasteiger partial charge in [0.1, 0.15) is 11.6 Å². The van der Waals surface area contributed by atoms with E-state index in [0.29, 0.717) is 35.7 Å². The van der Waals surface area contributed by atoms with Gasteiger partial charge >= 0.3 is 5.97 Å². The van der Waals surface area contributed by atoms with Crippen LogP contribution in [0.4, 0.5) is 8.78 Å². The Morgan fingerprint density at radius 3 is 2.62 bits per heavy atom. The Labute approximate surface area is 212 Å². The fourth-order valence-corrected chi connectivity index (χ4v) is 5.43. The van der Waals surface area contributed by atoms with Gasteiger partial charge in [0.15, 0.2) is 0 Å². The number of nitrogens with zero attached hydrogens (tertiary/aromatic N) is 2. The molecule has 1 saturated carbocycles. The highest BCUT2D eigenvalue weighted by atomic mass is 19.1. The molecule has 1 aromatic heterocycles. The Morgan fingerprint density at radius 2 is 1.84 bits per heavy atom. The van der Waals surface area contributed by atoms with Crippen LogP contribution in [0.2, 0.25) is 0 Å². The molecule has 6 rings (SSSR count). The summed E-state index contributed by atoms with van der Waals surface area (Å²) >= 11 is 0. The smallest absolute Gasteiger partial charge is 0.306 e. The minimum atomic E-state index is -0.708. The Kier molecular flexibility index (Phi) is 5.83. The molecular weight excluding hydrogens is 476 g/mol. The molecule has 188 valence electrons. The van der Waals surface area contributed by atoms with Crippen molar-refractivity contribution in [1.29, 1.82) is 0 Å². The zero-order valence-electron chi connectivity index (χ0n) is 20.2. The van der Waals surface area contributed by atoms with Gasteiger partial charge in [0, 0.05) is 28.8 Å². The van der Waals surface area contributed by atoms with Gasteiger partial charge in [0.2, 0.25) is 5.82 Å². The van der Waals surface area contributed by atoms with Gasteiger partial charge in [-0.25, -0.2) is 8.78 Å². The van der Waals surface area contributed by atoms with E-state index in [1.54, 1.807) is 12.1 Å². The second-order valence-electron chi connectivity index (χ2n) is 9.95. The molecule has 2 aliphatic carbocycles. The zero-order chi connectivity index (χ0) is 25.7. The van der Waals surface area contributed by atoms with E-state index in [1.807, 2.05) is 19.1 Å². The van der Waals surface area contributed by atoms with Crippen LogP contribution in [-0.2, 0) is 11.2 Å². The van der Waals surface area contributed by atoms with Crippen LogP contribution < -0.4 is 5.32 Å². The van der Waals surface area contributed by atoms with E-state index in [1.165, 1.54) is 17.2 Å². The van der Waals surface area contributed by atoms with E-state index in [2.05, 4.69) is 27.6 Å². The summed E-state index contributed by atoms with van der Waals surface area (Å²) in [5.41, 5.74) is 5.60. The number of fused-ring (bicyclic) bond motifs is 1. The molecule has 0 spiro atoms. The first-order valence-corrected chi connectivity index (χ1v) is 12.4. The Bertz CT molecular complexity index is 1510. The van der Waals surface area contributed by atoms with Crippen LogP contribution in [0.5, 0.6) is 0 Å². The van der Waals surface area contributed by atoms with Gasteiger partial charge in [-0.15, -0.1) is 0 Å². The number of carboxylic acid groups (broad SMARTS) is 1. The lowest BCUT2D eigenvalue weighted by Crippen LogP contribution is -2.45. The van der Waals surface area contributed by atoms with Gasteiger partial charge in [-0.3, -0.25) is 4.79 Å². The van der Waals surface area contributed by atoms with Crippen molar-refractivity contribution in [2.75, 3.05) is 0 Å². The fraction of sp³-hybridized carbons (Fsp3) is 0.276. The number of aliphatic carboxylic acids is 1. The molecule has 2 aliphatic rings. The summed E-state index contributed by atoms with van der Waals surface area (Å²) in [6.07, 6.45) is 3.27. The van der Waals surface area contributed by atoms with Gasteiger partial charge in [-0.2, -0.15) is 4.98 Å². The molecule has 0 radical (unpaired) electrons. The average Bonchev–Trinajstić information content (AvgIpc) is 3.50. The van der Waals surface area contributed by atoms with Crippen molar-refractivity contribution in [1.82, 2.24) is 15.5 Å². The van der Waals surface area contributed by atoms with Gasteiger partial charge in [0.05, 0.1) is 5.92 Å². The molecule has 6 nitrogen and oxygen atoms in total. The number of hydrogen-bond acceptors (Lipinski definition) is 5. The molecule has 3 aromatic carbocycles. The lowest BCUT2D eigenvalue weighted by Gasteiger charge is -2.35. The number of benzene rings is 3. The highest BCUT2D eigenvalue weighted by Gasteiger charge is 2.36. The molecule has 2 N–H and O–H groups in total. The third-order valence-corrected chi connectivity index (χ3v) is 7.52. The van der Waals surface area contributed by atoms with Crippen LogP contribution >= 0.6 is 0 Å². The van der Waals surface area contributed by atoms with Crippen molar-refractivity contribution >= 4 is 5.97 Å². The van der Waals surface area contributed by atoms with E-state index in [9.17, 15) is 13.6 Å². The first-order chi connectivity index (χ1) is 17.9. The number of aromatic nitrogens is 2. The molecule has 0 bridgehead atoms. The summed E-state index contributed by atoms with van der Waals surface area (Å²) in [6, 6.07) is 15.4. The minimum absolute atomic E-state index is 0.209. The highest BCUT2D eigenvalue weighted by Crippen LogP contribution is 2.37. The number of aryl methyl sites for hydroxylation is 2. The summed E-state index contributed by atoms with van der Waals surface area (Å²) in [7, 11) is 0. The summed E-state index contributed by atoms with van der Waals surface area (Å²) in [6.45, 7) is 1.83. The predicted octanol–water partition coefficient (Wildman–Crippen LogP) is 6.10. The quantitative estimate of drug-likeness (QED) is 0.332. The number of nitrogens with one attached hydrogen (secondary N) is 1. The summed E-state index contributed by atoms with van der Waals surface area (Å²) in [5.74, 6) is -1.08. The lowest BCUT2D eigenvalue weighted by molar-refractivity contribution is -0.145. The Morgan fingerprint density at radius 1 is 1.03 bits per heavy atom. The van der Waals surface area contributed by atoms with E-state index in [-0.39, 0.29) is 23.6 Å². The molecule has 1 heterocycles. The van der Waals surface area contributed by atoms with Crippen molar-refractivity contribution in [3.8, 4) is 34.0 Å². The van der Waals surface area contributed by atoms with Crippen molar-refractivity contribution in [2.24, 2.45) is 5.92 Å². The van der Waals surface area contributed by atoms with Crippen LogP contribution in [0.25, 0.3) is 34.0 Å². The third kappa shape index (κ3) is 4.42. The maximum Gasteiger partial charge on any atom is 0.306 e.